The number of benzene rings is 1. The number of carbonyl (C=O) groups is 2. The average molecular weight is 276 g/mol. The first-order chi connectivity index (χ1) is 9.50. The van der Waals surface area contributed by atoms with Gasteiger partial charge in [-0.15, -0.1) is 0 Å². The minimum absolute atomic E-state index is 0.0596. The van der Waals surface area contributed by atoms with Gasteiger partial charge in [-0.1, -0.05) is 18.2 Å². The highest BCUT2D eigenvalue weighted by molar-refractivity contribution is 6.07. The Kier molecular flexibility index (Phi) is 3.97. The van der Waals surface area contributed by atoms with Crippen molar-refractivity contribution in [3.05, 3.63) is 29.8 Å². The molecule has 0 aliphatic carbocycles. The molecule has 0 spiro atoms. The van der Waals surface area contributed by atoms with Crippen molar-refractivity contribution in [2.75, 3.05) is 25.1 Å². The maximum Gasteiger partial charge on any atom is 0.407 e. The van der Waals surface area contributed by atoms with Gasteiger partial charge in [-0.05, 0) is 31.9 Å². The Bertz CT molecular complexity index is 530. The molecule has 5 heteroatoms. The molecule has 0 saturated heterocycles. The van der Waals surface area contributed by atoms with Crippen molar-refractivity contribution >= 4 is 17.7 Å². The lowest BCUT2D eigenvalue weighted by Gasteiger charge is -2.23. The maximum absolute atomic E-state index is 12.5. The zero-order valence-corrected chi connectivity index (χ0v) is 12.1. The fourth-order valence-electron chi connectivity index (χ4n) is 2.67. The number of hydrogen-bond donors (Lipinski definition) is 1. The summed E-state index contributed by atoms with van der Waals surface area (Å²) in [5.41, 5.74) is 1.36. The number of nitrogens with one attached hydrogen (secondary N) is 1. The molecule has 1 aromatic carbocycles. The molecule has 0 bridgehead atoms. The Morgan fingerprint density at radius 2 is 2.10 bits per heavy atom. The van der Waals surface area contributed by atoms with Crippen LogP contribution in [0, 0.1) is 0 Å². The van der Waals surface area contributed by atoms with Gasteiger partial charge in [0, 0.05) is 19.3 Å². The van der Waals surface area contributed by atoms with E-state index in [1.165, 1.54) is 0 Å². The number of rotatable bonds is 4. The quantitative estimate of drug-likeness (QED) is 0.915. The van der Waals surface area contributed by atoms with Gasteiger partial charge in [-0.25, -0.2) is 4.79 Å². The molecule has 1 aromatic rings. The fraction of sp³-hybridized carbons (Fsp3) is 0.467. The number of alkyl carbamates (subject to hydrolysis) is 1. The second kappa shape index (κ2) is 5.53. The van der Waals surface area contributed by atoms with Crippen LogP contribution in [0.15, 0.2) is 24.3 Å². The summed E-state index contributed by atoms with van der Waals surface area (Å²) < 4.78 is 4.81. The minimum Gasteiger partial charge on any atom is -0.450 e. The van der Waals surface area contributed by atoms with Crippen LogP contribution in [0.25, 0.3) is 0 Å². The highest BCUT2D eigenvalue weighted by Gasteiger charge is 2.45. The number of hydrogen-bond acceptors (Lipinski definition) is 3. The third-order valence-electron chi connectivity index (χ3n) is 3.81. The summed E-state index contributed by atoms with van der Waals surface area (Å²) in [7, 11) is 1.78. The summed E-state index contributed by atoms with van der Waals surface area (Å²) in [6.07, 6.45) is 0.106. The first-order valence-corrected chi connectivity index (χ1v) is 6.79. The zero-order valence-electron chi connectivity index (χ0n) is 12.1. The molecule has 0 radical (unpaired) electrons. The molecule has 0 aromatic heterocycles. The van der Waals surface area contributed by atoms with Crippen LogP contribution in [0.3, 0.4) is 0 Å². The zero-order chi connectivity index (χ0) is 14.8. The van der Waals surface area contributed by atoms with Crippen molar-refractivity contribution in [2.45, 2.75) is 25.7 Å². The molecule has 1 aliphatic rings. The molecule has 20 heavy (non-hydrogen) atoms. The fourth-order valence-corrected chi connectivity index (χ4v) is 2.67. The largest absolute Gasteiger partial charge is 0.450 e. The number of likely N-dealkylation sites (N-methyl/N-ethyl adjacent to an activating group) is 1. The SMILES string of the molecule is CCOC(=O)NCC[C@]1(C)C(=O)N(C)c2ccccc21. The van der Waals surface area contributed by atoms with Crippen LogP contribution in [0.1, 0.15) is 25.8 Å². The topological polar surface area (TPSA) is 58.6 Å². The van der Waals surface area contributed by atoms with Gasteiger partial charge in [0.15, 0.2) is 0 Å². The van der Waals surface area contributed by atoms with E-state index >= 15 is 0 Å². The van der Waals surface area contributed by atoms with E-state index in [0.717, 1.165) is 11.3 Å². The summed E-state index contributed by atoms with van der Waals surface area (Å²) in [5.74, 6) is 0.0596. The second-order valence-corrected chi connectivity index (χ2v) is 5.11. The van der Waals surface area contributed by atoms with E-state index in [2.05, 4.69) is 5.32 Å². The third-order valence-corrected chi connectivity index (χ3v) is 3.81. The number of nitrogens with zero attached hydrogens (tertiary/aromatic N) is 1. The van der Waals surface area contributed by atoms with E-state index in [9.17, 15) is 9.59 Å². The Labute approximate surface area is 118 Å². The van der Waals surface area contributed by atoms with Gasteiger partial charge in [0.25, 0.3) is 0 Å². The molecule has 2 rings (SSSR count). The van der Waals surface area contributed by atoms with Gasteiger partial charge in [-0.2, -0.15) is 0 Å². The molecule has 0 saturated carbocycles. The standard InChI is InChI=1S/C15H20N2O3/c1-4-20-14(19)16-10-9-15(2)11-7-5-6-8-12(11)17(3)13(15)18/h5-8H,4,9-10H2,1-3H3,(H,16,19)/t15-/m0/s1. The highest BCUT2D eigenvalue weighted by Crippen LogP contribution is 2.42. The van der Waals surface area contributed by atoms with Crippen LogP contribution < -0.4 is 10.2 Å². The van der Waals surface area contributed by atoms with Gasteiger partial charge in [0.05, 0.1) is 12.0 Å². The van der Waals surface area contributed by atoms with E-state index in [0.29, 0.717) is 19.6 Å². The van der Waals surface area contributed by atoms with Crippen LogP contribution in [0.2, 0.25) is 0 Å². The Hall–Kier alpha value is -2.04. The number of fused-ring (bicyclic) bond motifs is 1. The summed E-state index contributed by atoms with van der Waals surface area (Å²) in [6.45, 7) is 4.42. The maximum atomic E-state index is 12.5. The second-order valence-electron chi connectivity index (χ2n) is 5.11. The first-order valence-electron chi connectivity index (χ1n) is 6.79. The van der Waals surface area contributed by atoms with Crippen molar-refractivity contribution in [1.82, 2.24) is 5.32 Å². The van der Waals surface area contributed by atoms with Crippen molar-refractivity contribution < 1.29 is 14.3 Å². The van der Waals surface area contributed by atoms with E-state index in [1.807, 2.05) is 31.2 Å². The van der Waals surface area contributed by atoms with Crippen LogP contribution in [0.5, 0.6) is 0 Å². The molecule has 2 amide bonds. The molecule has 1 N–H and O–H groups in total. The summed E-state index contributed by atoms with van der Waals surface area (Å²) in [5, 5.41) is 2.67. The minimum atomic E-state index is -0.592. The molecule has 5 nitrogen and oxygen atoms in total. The van der Waals surface area contributed by atoms with Crippen molar-refractivity contribution in [3.8, 4) is 0 Å². The number of para-hydroxylation sites is 1. The predicted molar refractivity (Wildman–Crippen MR) is 76.8 cm³/mol. The van der Waals surface area contributed by atoms with Gasteiger partial charge >= 0.3 is 6.09 Å². The number of amides is 2. The van der Waals surface area contributed by atoms with Crippen molar-refractivity contribution in [1.29, 1.82) is 0 Å². The lowest BCUT2D eigenvalue weighted by atomic mass is 9.80. The van der Waals surface area contributed by atoms with Crippen molar-refractivity contribution in [2.24, 2.45) is 0 Å². The molecule has 108 valence electrons. The number of anilines is 1. The Morgan fingerprint density at radius 3 is 2.80 bits per heavy atom. The molecular formula is C15H20N2O3. The lowest BCUT2D eigenvalue weighted by molar-refractivity contribution is -0.122. The Morgan fingerprint density at radius 1 is 1.40 bits per heavy atom. The Balaban J connectivity index is 2.10. The van der Waals surface area contributed by atoms with E-state index < -0.39 is 11.5 Å². The average Bonchev–Trinajstić information content (AvgIpc) is 2.63. The first kappa shape index (κ1) is 14.4. The summed E-state index contributed by atoms with van der Waals surface area (Å²) in [4.78, 5) is 25.4. The number of carbonyl (C=O) groups excluding carboxylic acids is 2. The predicted octanol–water partition coefficient (Wildman–Crippen LogP) is 2.06. The molecule has 0 fully saturated rings. The normalized spacial score (nSPS) is 20.8. The van der Waals surface area contributed by atoms with Gasteiger partial charge in [0.2, 0.25) is 5.91 Å². The monoisotopic (exact) mass is 276 g/mol. The van der Waals surface area contributed by atoms with Gasteiger partial charge in [-0.3, -0.25) is 4.79 Å². The molecule has 1 atom stereocenters. The summed E-state index contributed by atoms with van der Waals surface area (Å²) in [6, 6.07) is 7.77. The smallest absolute Gasteiger partial charge is 0.407 e. The van der Waals surface area contributed by atoms with Crippen molar-refractivity contribution in [3.63, 3.8) is 0 Å². The summed E-state index contributed by atoms with van der Waals surface area (Å²) >= 11 is 0. The van der Waals surface area contributed by atoms with Crippen LogP contribution in [-0.4, -0.2) is 32.2 Å². The van der Waals surface area contributed by atoms with Crippen LogP contribution in [-0.2, 0) is 14.9 Å². The third kappa shape index (κ3) is 2.35. The van der Waals surface area contributed by atoms with E-state index in [4.69, 9.17) is 4.74 Å². The lowest BCUT2D eigenvalue weighted by Crippen LogP contribution is -2.39. The molecular weight excluding hydrogens is 256 g/mol. The van der Waals surface area contributed by atoms with Gasteiger partial charge in [0.1, 0.15) is 0 Å². The van der Waals surface area contributed by atoms with E-state index in [-0.39, 0.29) is 5.91 Å². The van der Waals surface area contributed by atoms with E-state index in [1.54, 1.807) is 18.9 Å². The molecule has 0 unspecified atom stereocenters. The van der Waals surface area contributed by atoms with Crippen LogP contribution in [0.4, 0.5) is 10.5 Å². The molecule has 1 aliphatic heterocycles. The highest BCUT2D eigenvalue weighted by atomic mass is 16.5. The molecule has 1 heterocycles. The van der Waals surface area contributed by atoms with Gasteiger partial charge < -0.3 is 15.0 Å². The number of ether oxygens (including phenoxy) is 1. The van der Waals surface area contributed by atoms with Crippen LogP contribution >= 0.6 is 0 Å².